The number of nitriles is 1. The van der Waals surface area contributed by atoms with Crippen molar-refractivity contribution in [1.29, 1.82) is 5.26 Å². The monoisotopic (exact) mass is 417 g/mol. The number of anilines is 1. The van der Waals surface area contributed by atoms with Crippen LogP contribution in [0.5, 0.6) is 5.75 Å². The van der Waals surface area contributed by atoms with E-state index >= 15 is 0 Å². The fraction of sp³-hybridized carbons (Fsp3) is 0.348. The number of carbonyl (C=O) groups is 1. The van der Waals surface area contributed by atoms with Crippen molar-refractivity contribution in [2.24, 2.45) is 23.7 Å². The summed E-state index contributed by atoms with van der Waals surface area (Å²) in [5, 5.41) is 19.8. The van der Waals surface area contributed by atoms with Gasteiger partial charge in [0.05, 0.1) is 11.6 Å². The second-order valence-corrected chi connectivity index (χ2v) is 8.28. The van der Waals surface area contributed by atoms with Crippen LogP contribution < -0.4 is 10.1 Å². The average molecular weight is 417 g/mol. The first-order valence-corrected chi connectivity index (χ1v) is 10.3. The lowest BCUT2D eigenvalue weighted by Crippen LogP contribution is -2.26. The highest BCUT2D eigenvalue weighted by molar-refractivity contribution is 5.92. The molecule has 0 saturated heterocycles. The van der Waals surface area contributed by atoms with Gasteiger partial charge in [-0.2, -0.15) is 5.26 Å². The molecule has 1 amide bonds. The van der Waals surface area contributed by atoms with E-state index in [1.807, 2.05) is 13.0 Å². The van der Waals surface area contributed by atoms with Gasteiger partial charge in [0.1, 0.15) is 17.6 Å². The number of fused-ring (bicyclic) bond motifs is 2. The minimum absolute atomic E-state index is 0.0553. The van der Waals surface area contributed by atoms with E-state index in [-0.39, 0.29) is 29.4 Å². The molecule has 2 aromatic heterocycles. The van der Waals surface area contributed by atoms with Crippen molar-refractivity contribution in [3.63, 3.8) is 0 Å². The standard InChI is InChI=1S/C23H20FN5O2/c1-12(23(30)27-21-5-3-14(11-25)28-29-21)22-16-9-15(10-17(16)22)31-20-6-7-26-19-4-2-13(24)8-18(19)20/h2-8,12,15-17,22H,9-10H2,1H3,(H,27,29,30)/t12?,15?,16-,17+,22?. The number of hydrogen-bond donors (Lipinski definition) is 1. The SMILES string of the molecule is CC(C(=O)Nc1ccc(C#N)nn1)C1[C@H]2CC(Oc3ccnc4ccc(F)cc34)C[C@@H]12. The van der Waals surface area contributed by atoms with E-state index < -0.39 is 0 Å². The normalized spacial score (nSPS) is 24.8. The first kappa shape index (κ1) is 19.4. The van der Waals surface area contributed by atoms with Gasteiger partial charge < -0.3 is 10.1 Å². The molecule has 2 heterocycles. The van der Waals surface area contributed by atoms with Gasteiger partial charge in [0, 0.05) is 17.5 Å². The van der Waals surface area contributed by atoms with Crippen molar-refractivity contribution < 1.29 is 13.9 Å². The number of pyridine rings is 1. The van der Waals surface area contributed by atoms with Gasteiger partial charge in [0.25, 0.3) is 0 Å². The summed E-state index contributed by atoms with van der Waals surface area (Å²) in [6, 6.07) is 11.3. The Labute approximate surface area is 178 Å². The third-order valence-electron chi connectivity index (χ3n) is 6.45. The summed E-state index contributed by atoms with van der Waals surface area (Å²) in [7, 11) is 0. The number of hydrogen-bond acceptors (Lipinski definition) is 6. The number of benzene rings is 1. The van der Waals surface area contributed by atoms with E-state index in [4.69, 9.17) is 10.00 Å². The van der Waals surface area contributed by atoms with Crippen LogP contribution in [0.25, 0.3) is 10.9 Å². The van der Waals surface area contributed by atoms with Crippen LogP contribution in [0.15, 0.2) is 42.6 Å². The number of nitrogens with one attached hydrogen (secondary N) is 1. The zero-order valence-corrected chi connectivity index (χ0v) is 16.8. The maximum Gasteiger partial charge on any atom is 0.228 e. The van der Waals surface area contributed by atoms with E-state index in [0.29, 0.717) is 40.2 Å². The summed E-state index contributed by atoms with van der Waals surface area (Å²) in [6.45, 7) is 1.93. The Kier molecular flexibility index (Phi) is 4.74. The molecular weight excluding hydrogens is 397 g/mol. The third kappa shape index (κ3) is 3.67. The smallest absolute Gasteiger partial charge is 0.228 e. The zero-order valence-electron chi connectivity index (χ0n) is 16.8. The molecule has 31 heavy (non-hydrogen) atoms. The van der Waals surface area contributed by atoms with E-state index in [1.165, 1.54) is 18.2 Å². The van der Waals surface area contributed by atoms with Gasteiger partial charge in [0.15, 0.2) is 11.5 Å². The topological polar surface area (TPSA) is 101 Å². The molecule has 1 aromatic carbocycles. The number of aromatic nitrogens is 3. The van der Waals surface area contributed by atoms with Crippen LogP contribution in [0.3, 0.4) is 0 Å². The fourth-order valence-corrected chi connectivity index (χ4v) is 4.93. The lowest BCUT2D eigenvalue weighted by molar-refractivity contribution is -0.120. The fourth-order valence-electron chi connectivity index (χ4n) is 4.93. The van der Waals surface area contributed by atoms with Crippen molar-refractivity contribution >= 4 is 22.6 Å². The number of amides is 1. The summed E-state index contributed by atoms with van der Waals surface area (Å²) in [6.07, 6.45) is 3.48. The van der Waals surface area contributed by atoms with Crippen LogP contribution in [0, 0.1) is 40.8 Å². The lowest BCUT2D eigenvalue weighted by atomic mass is 9.97. The Morgan fingerprint density at radius 2 is 2.03 bits per heavy atom. The van der Waals surface area contributed by atoms with Crippen LogP contribution in [0.2, 0.25) is 0 Å². The van der Waals surface area contributed by atoms with E-state index in [2.05, 4.69) is 20.5 Å². The largest absolute Gasteiger partial charge is 0.490 e. The summed E-state index contributed by atoms with van der Waals surface area (Å²) >= 11 is 0. The Morgan fingerprint density at radius 1 is 1.23 bits per heavy atom. The van der Waals surface area contributed by atoms with Crippen LogP contribution in [0.1, 0.15) is 25.5 Å². The first-order chi connectivity index (χ1) is 15.0. The quantitative estimate of drug-likeness (QED) is 0.679. The molecule has 156 valence electrons. The molecule has 2 aliphatic carbocycles. The number of nitrogens with zero attached hydrogens (tertiary/aromatic N) is 4. The van der Waals surface area contributed by atoms with Crippen molar-refractivity contribution in [3.8, 4) is 11.8 Å². The minimum atomic E-state index is -0.313. The highest BCUT2D eigenvalue weighted by atomic mass is 19.1. The van der Waals surface area contributed by atoms with Gasteiger partial charge in [-0.3, -0.25) is 9.78 Å². The summed E-state index contributed by atoms with van der Waals surface area (Å²) in [5.74, 6) is 1.66. The molecule has 0 bridgehead atoms. The van der Waals surface area contributed by atoms with Gasteiger partial charge in [-0.15, -0.1) is 10.2 Å². The van der Waals surface area contributed by atoms with Gasteiger partial charge in [0.2, 0.25) is 5.91 Å². The molecule has 2 fully saturated rings. The third-order valence-corrected chi connectivity index (χ3v) is 6.45. The lowest BCUT2D eigenvalue weighted by Gasteiger charge is -2.20. The molecule has 8 heteroatoms. The number of carbonyl (C=O) groups excluding carboxylic acids is 1. The van der Waals surface area contributed by atoms with Gasteiger partial charge in [-0.25, -0.2) is 4.39 Å². The molecule has 5 atom stereocenters. The molecule has 7 nitrogen and oxygen atoms in total. The van der Waals surface area contributed by atoms with E-state index in [0.717, 1.165) is 12.8 Å². The highest BCUT2D eigenvalue weighted by Gasteiger charge is 2.59. The average Bonchev–Trinajstić information content (AvgIpc) is 3.28. The van der Waals surface area contributed by atoms with Crippen molar-refractivity contribution in [2.75, 3.05) is 5.32 Å². The Bertz CT molecular complexity index is 1180. The van der Waals surface area contributed by atoms with Crippen LogP contribution in [-0.4, -0.2) is 27.2 Å². The molecule has 0 radical (unpaired) electrons. The van der Waals surface area contributed by atoms with Gasteiger partial charge in [-0.1, -0.05) is 6.92 Å². The van der Waals surface area contributed by atoms with Crippen LogP contribution in [-0.2, 0) is 4.79 Å². The van der Waals surface area contributed by atoms with Crippen molar-refractivity contribution in [3.05, 3.63) is 54.1 Å². The second kappa shape index (κ2) is 7.58. The number of halogens is 1. The second-order valence-electron chi connectivity index (χ2n) is 8.28. The minimum Gasteiger partial charge on any atom is -0.490 e. The molecule has 2 aliphatic rings. The predicted molar refractivity (Wildman–Crippen MR) is 110 cm³/mol. The predicted octanol–water partition coefficient (Wildman–Crippen LogP) is 3.71. The Balaban J connectivity index is 1.19. The van der Waals surface area contributed by atoms with Crippen LogP contribution in [0.4, 0.5) is 10.2 Å². The molecule has 2 saturated carbocycles. The maximum atomic E-state index is 13.7. The van der Waals surface area contributed by atoms with E-state index in [9.17, 15) is 9.18 Å². The highest BCUT2D eigenvalue weighted by Crippen LogP contribution is 2.61. The molecule has 0 aliphatic heterocycles. The number of ether oxygens (including phenoxy) is 1. The maximum absolute atomic E-state index is 13.7. The summed E-state index contributed by atoms with van der Waals surface area (Å²) < 4.78 is 19.9. The first-order valence-electron chi connectivity index (χ1n) is 10.3. The Morgan fingerprint density at radius 3 is 2.74 bits per heavy atom. The van der Waals surface area contributed by atoms with Crippen LogP contribution >= 0.6 is 0 Å². The molecule has 0 spiro atoms. The number of rotatable bonds is 5. The molecular formula is C23H20FN5O2. The molecule has 3 aromatic rings. The molecule has 1 N–H and O–H groups in total. The van der Waals surface area contributed by atoms with E-state index in [1.54, 1.807) is 24.4 Å². The van der Waals surface area contributed by atoms with Crippen molar-refractivity contribution in [2.45, 2.75) is 25.9 Å². The van der Waals surface area contributed by atoms with Crippen molar-refractivity contribution in [1.82, 2.24) is 15.2 Å². The van der Waals surface area contributed by atoms with Gasteiger partial charge >= 0.3 is 0 Å². The molecule has 3 unspecified atom stereocenters. The molecule has 5 rings (SSSR count). The summed E-state index contributed by atoms with van der Waals surface area (Å²) in [5.41, 5.74) is 0.912. The zero-order chi connectivity index (χ0) is 21.5. The Hall–Kier alpha value is -3.60. The van der Waals surface area contributed by atoms with Gasteiger partial charge in [-0.05, 0) is 67.0 Å². The summed E-state index contributed by atoms with van der Waals surface area (Å²) in [4.78, 5) is 16.9.